The van der Waals surface area contributed by atoms with Gasteiger partial charge in [-0.15, -0.1) is 13.2 Å². The van der Waals surface area contributed by atoms with E-state index in [0.717, 1.165) is 17.7 Å². The number of hydrogen-bond acceptors (Lipinski definition) is 4. The standard InChI is InChI=1S/C23H20F3NO4/c24-23(25,26)31-19-11-9-17(10-12-19)21(28)14-27-22(29)18-7-4-8-20(13-18)30-15-16-5-2-1-3-6-16/h1-13,21,28H,14-15H2,(H,27,29). The van der Waals surface area contributed by atoms with E-state index in [1.54, 1.807) is 24.3 Å². The molecule has 0 heterocycles. The third kappa shape index (κ3) is 7.04. The van der Waals surface area contributed by atoms with Gasteiger partial charge in [0.25, 0.3) is 5.91 Å². The van der Waals surface area contributed by atoms with E-state index in [2.05, 4.69) is 10.1 Å². The van der Waals surface area contributed by atoms with E-state index in [-0.39, 0.29) is 12.3 Å². The molecule has 1 atom stereocenters. The van der Waals surface area contributed by atoms with Gasteiger partial charge in [-0.05, 0) is 41.5 Å². The van der Waals surface area contributed by atoms with Crippen LogP contribution in [0.1, 0.15) is 27.6 Å². The fourth-order valence-electron chi connectivity index (χ4n) is 2.77. The summed E-state index contributed by atoms with van der Waals surface area (Å²) in [4.78, 5) is 12.4. The Morgan fingerprint density at radius 2 is 1.65 bits per heavy atom. The van der Waals surface area contributed by atoms with Crippen LogP contribution in [0, 0.1) is 0 Å². The number of carbonyl (C=O) groups is 1. The third-order valence-electron chi connectivity index (χ3n) is 4.30. The second-order valence-corrected chi connectivity index (χ2v) is 6.64. The minimum atomic E-state index is -4.78. The van der Waals surface area contributed by atoms with Gasteiger partial charge in [-0.3, -0.25) is 4.79 Å². The van der Waals surface area contributed by atoms with Crippen molar-refractivity contribution in [3.8, 4) is 11.5 Å². The number of hydrogen-bond donors (Lipinski definition) is 2. The van der Waals surface area contributed by atoms with E-state index in [1.165, 1.54) is 12.1 Å². The van der Waals surface area contributed by atoms with Crippen LogP contribution in [-0.2, 0) is 6.61 Å². The number of carbonyl (C=O) groups excluding carboxylic acids is 1. The Hall–Kier alpha value is -3.52. The van der Waals surface area contributed by atoms with Crippen molar-refractivity contribution in [3.63, 3.8) is 0 Å². The number of benzene rings is 3. The molecular formula is C23H20F3NO4. The molecule has 0 fully saturated rings. The molecule has 5 nitrogen and oxygen atoms in total. The highest BCUT2D eigenvalue weighted by molar-refractivity contribution is 5.94. The van der Waals surface area contributed by atoms with E-state index in [1.807, 2.05) is 30.3 Å². The number of aliphatic hydroxyl groups excluding tert-OH is 1. The summed E-state index contributed by atoms with van der Waals surface area (Å²) in [5, 5.41) is 12.8. The molecule has 3 aromatic rings. The first-order valence-electron chi connectivity index (χ1n) is 9.39. The molecule has 0 aromatic heterocycles. The topological polar surface area (TPSA) is 67.8 Å². The minimum Gasteiger partial charge on any atom is -0.489 e. The maximum atomic E-state index is 12.4. The molecule has 0 aliphatic rings. The quantitative estimate of drug-likeness (QED) is 0.546. The van der Waals surface area contributed by atoms with Gasteiger partial charge in [-0.1, -0.05) is 48.5 Å². The molecule has 0 saturated heterocycles. The van der Waals surface area contributed by atoms with Gasteiger partial charge >= 0.3 is 6.36 Å². The molecule has 0 bridgehead atoms. The highest BCUT2D eigenvalue weighted by Gasteiger charge is 2.31. The van der Waals surface area contributed by atoms with Crippen molar-refractivity contribution in [1.82, 2.24) is 5.32 Å². The lowest BCUT2D eigenvalue weighted by Crippen LogP contribution is -2.28. The van der Waals surface area contributed by atoms with Crippen LogP contribution in [0.3, 0.4) is 0 Å². The molecule has 2 N–H and O–H groups in total. The number of amides is 1. The van der Waals surface area contributed by atoms with E-state index >= 15 is 0 Å². The van der Waals surface area contributed by atoms with Crippen molar-refractivity contribution >= 4 is 5.91 Å². The Morgan fingerprint density at radius 3 is 2.32 bits per heavy atom. The minimum absolute atomic E-state index is 0.118. The highest BCUT2D eigenvalue weighted by Crippen LogP contribution is 2.24. The molecule has 162 valence electrons. The number of alkyl halides is 3. The molecule has 0 aliphatic carbocycles. The molecule has 1 unspecified atom stereocenters. The van der Waals surface area contributed by atoms with Crippen molar-refractivity contribution in [2.45, 2.75) is 19.1 Å². The van der Waals surface area contributed by atoms with Crippen LogP contribution >= 0.6 is 0 Å². The zero-order valence-electron chi connectivity index (χ0n) is 16.3. The number of rotatable bonds is 8. The maximum Gasteiger partial charge on any atom is 0.573 e. The Bertz CT molecular complexity index is 992. The summed E-state index contributed by atoms with van der Waals surface area (Å²) in [5.74, 6) is -0.279. The molecular weight excluding hydrogens is 411 g/mol. The van der Waals surface area contributed by atoms with Crippen LogP contribution in [0.4, 0.5) is 13.2 Å². The van der Waals surface area contributed by atoms with Gasteiger partial charge in [-0.25, -0.2) is 0 Å². The summed E-state index contributed by atoms with van der Waals surface area (Å²) in [6.45, 7) is 0.242. The lowest BCUT2D eigenvalue weighted by atomic mass is 10.1. The van der Waals surface area contributed by atoms with E-state index < -0.39 is 18.4 Å². The van der Waals surface area contributed by atoms with E-state index in [4.69, 9.17) is 4.74 Å². The van der Waals surface area contributed by atoms with Crippen LogP contribution in [0.5, 0.6) is 11.5 Å². The zero-order chi connectivity index (χ0) is 22.3. The van der Waals surface area contributed by atoms with E-state index in [9.17, 15) is 23.1 Å². The number of ether oxygens (including phenoxy) is 2. The fraction of sp³-hybridized carbons (Fsp3) is 0.174. The van der Waals surface area contributed by atoms with Crippen molar-refractivity contribution in [2.24, 2.45) is 0 Å². The van der Waals surface area contributed by atoms with Gasteiger partial charge in [-0.2, -0.15) is 0 Å². The van der Waals surface area contributed by atoms with Gasteiger partial charge in [0.2, 0.25) is 0 Å². The van der Waals surface area contributed by atoms with Crippen LogP contribution in [-0.4, -0.2) is 23.9 Å². The summed E-state index contributed by atoms with van der Waals surface area (Å²) in [7, 11) is 0. The van der Waals surface area contributed by atoms with Gasteiger partial charge in [0, 0.05) is 12.1 Å². The third-order valence-corrected chi connectivity index (χ3v) is 4.30. The lowest BCUT2D eigenvalue weighted by molar-refractivity contribution is -0.274. The van der Waals surface area contributed by atoms with Crippen LogP contribution in [0.15, 0.2) is 78.9 Å². The summed E-state index contributed by atoms with van der Waals surface area (Å²) in [5.41, 5.74) is 1.69. The Balaban J connectivity index is 1.53. The molecule has 31 heavy (non-hydrogen) atoms. The summed E-state index contributed by atoms with van der Waals surface area (Å²) in [6.07, 6.45) is -5.88. The van der Waals surface area contributed by atoms with Gasteiger partial charge in [0.15, 0.2) is 0 Å². The molecule has 3 aromatic carbocycles. The first kappa shape index (κ1) is 22.2. The summed E-state index contributed by atoms with van der Waals surface area (Å²) >= 11 is 0. The normalized spacial score (nSPS) is 12.1. The molecule has 0 radical (unpaired) electrons. The maximum absolute atomic E-state index is 12.4. The van der Waals surface area contributed by atoms with Crippen LogP contribution < -0.4 is 14.8 Å². The lowest BCUT2D eigenvalue weighted by Gasteiger charge is -2.14. The second kappa shape index (κ2) is 9.99. The molecule has 8 heteroatoms. The Labute approximate surface area is 177 Å². The Morgan fingerprint density at radius 1 is 0.935 bits per heavy atom. The zero-order valence-corrected chi connectivity index (χ0v) is 16.3. The monoisotopic (exact) mass is 431 g/mol. The van der Waals surface area contributed by atoms with Crippen LogP contribution in [0.25, 0.3) is 0 Å². The number of halogens is 3. The molecule has 0 spiro atoms. The predicted molar refractivity (Wildman–Crippen MR) is 108 cm³/mol. The average molecular weight is 431 g/mol. The van der Waals surface area contributed by atoms with E-state index in [0.29, 0.717) is 23.5 Å². The van der Waals surface area contributed by atoms with Crippen molar-refractivity contribution in [1.29, 1.82) is 0 Å². The number of nitrogens with one attached hydrogen (secondary N) is 1. The average Bonchev–Trinajstić information content (AvgIpc) is 2.76. The number of aliphatic hydroxyl groups is 1. The van der Waals surface area contributed by atoms with Gasteiger partial charge < -0.3 is 19.9 Å². The predicted octanol–water partition coefficient (Wildman–Crippen LogP) is 4.63. The fourth-order valence-corrected chi connectivity index (χ4v) is 2.77. The Kier molecular flexibility index (Phi) is 7.15. The van der Waals surface area contributed by atoms with Crippen molar-refractivity contribution < 1.29 is 32.5 Å². The molecule has 0 saturated carbocycles. The first-order chi connectivity index (χ1) is 14.8. The smallest absolute Gasteiger partial charge is 0.489 e. The highest BCUT2D eigenvalue weighted by atomic mass is 19.4. The molecule has 0 aliphatic heterocycles. The largest absolute Gasteiger partial charge is 0.573 e. The van der Waals surface area contributed by atoms with Crippen molar-refractivity contribution in [3.05, 3.63) is 95.6 Å². The van der Waals surface area contributed by atoms with Crippen LogP contribution in [0.2, 0.25) is 0 Å². The second-order valence-electron chi connectivity index (χ2n) is 6.64. The first-order valence-corrected chi connectivity index (χ1v) is 9.39. The van der Waals surface area contributed by atoms with Gasteiger partial charge in [0.05, 0.1) is 6.10 Å². The van der Waals surface area contributed by atoms with Gasteiger partial charge in [0.1, 0.15) is 18.1 Å². The SMILES string of the molecule is O=C(NCC(O)c1ccc(OC(F)(F)F)cc1)c1cccc(OCc2ccccc2)c1. The summed E-state index contributed by atoms with van der Waals surface area (Å²) in [6, 6.07) is 21.0. The molecule has 1 amide bonds. The van der Waals surface area contributed by atoms with Crippen molar-refractivity contribution in [2.75, 3.05) is 6.54 Å². The molecule has 3 rings (SSSR count). The summed E-state index contributed by atoms with van der Waals surface area (Å²) < 4.78 is 46.1.